The van der Waals surface area contributed by atoms with Crippen LogP contribution in [0.3, 0.4) is 0 Å². The quantitative estimate of drug-likeness (QED) is 0.462. The molecule has 0 bridgehead atoms. The molecule has 0 saturated carbocycles. The predicted octanol–water partition coefficient (Wildman–Crippen LogP) is 4.73. The number of hydrogen-bond donors (Lipinski definition) is 0. The predicted molar refractivity (Wildman–Crippen MR) is 119 cm³/mol. The van der Waals surface area contributed by atoms with Crippen LogP contribution < -0.4 is 4.90 Å². The highest BCUT2D eigenvalue weighted by Gasteiger charge is 2.29. The largest absolute Gasteiger partial charge is 0.268 e. The van der Waals surface area contributed by atoms with E-state index in [0.29, 0.717) is 11.1 Å². The first-order valence-corrected chi connectivity index (χ1v) is 10.2. The van der Waals surface area contributed by atoms with Gasteiger partial charge in [-0.3, -0.25) is 9.59 Å². The van der Waals surface area contributed by atoms with Gasteiger partial charge in [-0.05, 0) is 48.2 Å². The molecular weight excluding hydrogens is 386 g/mol. The number of imide groups is 1. The van der Waals surface area contributed by atoms with Crippen LogP contribution in [-0.2, 0) is 12.8 Å². The third-order valence-electron chi connectivity index (χ3n) is 5.44. The van der Waals surface area contributed by atoms with Crippen molar-refractivity contribution >= 4 is 17.8 Å². The molecule has 0 N–H and O–H groups in total. The van der Waals surface area contributed by atoms with Crippen molar-refractivity contribution in [2.24, 2.45) is 0 Å². The molecule has 2 amide bonds. The van der Waals surface area contributed by atoms with Crippen LogP contribution in [0.25, 0.3) is 11.3 Å². The number of hydrogen-bond acceptors (Lipinski definition) is 4. The molecule has 1 aliphatic rings. The summed E-state index contributed by atoms with van der Waals surface area (Å²) in [5, 5.41) is 0. The number of amides is 2. The lowest BCUT2D eigenvalue weighted by Crippen LogP contribution is -2.38. The molecule has 5 nitrogen and oxygen atoms in total. The highest BCUT2D eigenvalue weighted by atomic mass is 16.2. The Morgan fingerprint density at radius 1 is 0.677 bits per heavy atom. The zero-order chi connectivity index (χ0) is 21.2. The summed E-state index contributed by atoms with van der Waals surface area (Å²) in [6.07, 6.45) is 3.48. The minimum atomic E-state index is -0.460. The van der Waals surface area contributed by atoms with Crippen molar-refractivity contribution in [1.29, 1.82) is 0 Å². The average molecular weight is 405 g/mol. The van der Waals surface area contributed by atoms with Crippen molar-refractivity contribution in [3.63, 3.8) is 0 Å². The van der Waals surface area contributed by atoms with Gasteiger partial charge in [0.25, 0.3) is 11.8 Å². The van der Waals surface area contributed by atoms with E-state index in [4.69, 9.17) is 4.98 Å². The van der Waals surface area contributed by atoms with Crippen LogP contribution in [0.4, 0.5) is 5.95 Å². The molecule has 0 aliphatic heterocycles. The van der Waals surface area contributed by atoms with Gasteiger partial charge >= 0.3 is 0 Å². The lowest BCUT2D eigenvalue weighted by molar-refractivity contribution is 0.0895. The van der Waals surface area contributed by atoms with Crippen LogP contribution in [0.15, 0.2) is 91.1 Å². The summed E-state index contributed by atoms with van der Waals surface area (Å²) < 4.78 is 0. The Morgan fingerprint density at radius 3 is 1.87 bits per heavy atom. The van der Waals surface area contributed by atoms with E-state index in [1.54, 1.807) is 54.7 Å². The summed E-state index contributed by atoms with van der Waals surface area (Å²) in [4.78, 5) is 37.0. The lowest BCUT2D eigenvalue weighted by atomic mass is 9.90. The molecule has 0 fully saturated rings. The van der Waals surface area contributed by atoms with E-state index in [-0.39, 0.29) is 5.95 Å². The molecule has 3 aromatic carbocycles. The fourth-order valence-electron chi connectivity index (χ4n) is 3.85. The fraction of sp³-hybridized carbons (Fsp3) is 0.0769. The minimum Gasteiger partial charge on any atom is -0.268 e. The van der Waals surface area contributed by atoms with Gasteiger partial charge in [0.15, 0.2) is 0 Å². The maximum Gasteiger partial charge on any atom is 0.267 e. The molecular formula is C26H19N3O2. The first-order valence-electron chi connectivity index (χ1n) is 10.2. The van der Waals surface area contributed by atoms with Crippen LogP contribution >= 0.6 is 0 Å². The van der Waals surface area contributed by atoms with Gasteiger partial charge in [0.2, 0.25) is 5.95 Å². The van der Waals surface area contributed by atoms with Gasteiger partial charge in [0.05, 0.1) is 5.69 Å². The number of aromatic nitrogens is 2. The standard InChI is InChI=1S/C26H19N3O2/c30-24(19-10-3-1-4-11-19)29(25(31)20-12-5-2-6-13-20)26-27-17-21-16-15-18-9-7-8-14-22(18)23(21)28-26/h1-14,17H,15-16H2. The van der Waals surface area contributed by atoms with Gasteiger partial charge in [0.1, 0.15) is 0 Å². The van der Waals surface area contributed by atoms with Gasteiger partial charge in [-0.2, -0.15) is 0 Å². The Hall–Kier alpha value is -4.12. The number of nitrogens with zero attached hydrogens (tertiary/aromatic N) is 3. The Morgan fingerprint density at radius 2 is 1.23 bits per heavy atom. The molecule has 150 valence electrons. The highest BCUT2D eigenvalue weighted by molar-refractivity contribution is 6.25. The normalized spacial score (nSPS) is 11.9. The number of anilines is 1. The van der Waals surface area contributed by atoms with E-state index >= 15 is 0 Å². The average Bonchev–Trinajstić information content (AvgIpc) is 2.85. The number of carbonyl (C=O) groups is 2. The maximum atomic E-state index is 13.4. The van der Waals surface area contributed by atoms with E-state index in [2.05, 4.69) is 11.1 Å². The van der Waals surface area contributed by atoms with E-state index < -0.39 is 11.8 Å². The van der Waals surface area contributed by atoms with Gasteiger partial charge in [-0.25, -0.2) is 14.9 Å². The number of rotatable bonds is 3. The molecule has 5 rings (SSSR count). The smallest absolute Gasteiger partial charge is 0.267 e. The van der Waals surface area contributed by atoms with Crippen LogP contribution in [0.1, 0.15) is 31.8 Å². The van der Waals surface area contributed by atoms with Crippen molar-refractivity contribution < 1.29 is 9.59 Å². The number of benzene rings is 3. The first kappa shape index (κ1) is 18.9. The topological polar surface area (TPSA) is 63.2 Å². The molecule has 0 unspecified atom stereocenters. The van der Waals surface area contributed by atoms with Crippen molar-refractivity contribution in [2.45, 2.75) is 12.8 Å². The Kier molecular flexibility index (Phi) is 4.84. The van der Waals surface area contributed by atoms with Crippen LogP contribution in [0.5, 0.6) is 0 Å². The Bertz CT molecular complexity index is 1220. The maximum absolute atomic E-state index is 13.4. The fourth-order valence-corrected chi connectivity index (χ4v) is 3.85. The summed E-state index contributed by atoms with van der Waals surface area (Å²) in [6, 6.07) is 25.5. The molecule has 5 heteroatoms. The molecule has 0 radical (unpaired) electrons. The Labute approximate surface area is 180 Å². The van der Waals surface area contributed by atoms with Crippen LogP contribution in [0.2, 0.25) is 0 Å². The van der Waals surface area contributed by atoms with Crippen molar-refractivity contribution in [2.75, 3.05) is 4.90 Å². The molecule has 0 spiro atoms. The molecule has 0 saturated heterocycles. The number of fused-ring (bicyclic) bond motifs is 3. The third-order valence-corrected chi connectivity index (χ3v) is 5.44. The second-order valence-electron chi connectivity index (χ2n) is 7.38. The van der Waals surface area contributed by atoms with E-state index in [9.17, 15) is 9.59 Å². The zero-order valence-corrected chi connectivity index (χ0v) is 16.7. The SMILES string of the molecule is O=C(c1ccccc1)N(C(=O)c1ccccc1)c1ncc2c(n1)-c1ccccc1CC2. The Balaban J connectivity index is 1.64. The van der Waals surface area contributed by atoms with Gasteiger partial charge in [-0.15, -0.1) is 0 Å². The van der Waals surface area contributed by atoms with E-state index in [0.717, 1.165) is 34.6 Å². The van der Waals surface area contributed by atoms with Crippen molar-refractivity contribution in [3.8, 4) is 11.3 Å². The summed E-state index contributed by atoms with van der Waals surface area (Å²) >= 11 is 0. The molecule has 1 aliphatic carbocycles. The van der Waals surface area contributed by atoms with Gasteiger partial charge < -0.3 is 0 Å². The van der Waals surface area contributed by atoms with E-state index in [1.807, 2.05) is 30.3 Å². The molecule has 1 aromatic heterocycles. The molecule has 4 aromatic rings. The summed E-state index contributed by atoms with van der Waals surface area (Å²) in [6.45, 7) is 0. The lowest BCUT2D eigenvalue weighted by Gasteiger charge is -2.23. The second-order valence-corrected chi connectivity index (χ2v) is 7.38. The molecule has 1 heterocycles. The van der Waals surface area contributed by atoms with Crippen LogP contribution in [0, 0.1) is 0 Å². The van der Waals surface area contributed by atoms with Crippen LogP contribution in [-0.4, -0.2) is 21.8 Å². The van der Waals surface area contributed by atoms with Crippen molar-refractivity contribution in [3.05, 3.63) is 113 Å². The number of aryl methyl sites for hydroxylation is 2. The highest BCUT2D eigenvalue weighted by Crippen LogP contribution is 2.32. The third kappa shape index (κ3) is 3.51. The monoisotopic (exact) mass is 405 g/mol. The number of carbonyl (C=O) groups excluding carboxylic acids is 2. The molecule has 31 heavy (non-hydrogen) atoms. The second kappa shape index (κ2) is 7.95. The minimum absolute atomic E-state index is 0.0816. The first-order chi connectivity index (χ1) is 15.2. The summed E-state index contributed by atoms with van der Waals surface area (Å²) in [5.41, 5.74) is 4.81. The summed E-state index contributed by atoms with van der Waals surface area (Å²) in [5.74, 6) is -0.838. The van der Waals surface area contributed by atoms with Crippen molar-refractivity contribution in [1.82, 2.24) is 9.97 Å². The van der Waals surface area contributed by atoms with Gasteiger partial charge in [-0.1, -0.05) is 60.7 Å². The molecule has 0 atom stereocenters. The zero-order valence-electron chi connectivity index (χ0n) is 16.7. The van der Waals surface area contributed by atoms with E-state index in [1.165, 1.54) is 5.56 Å². The summed E-state index contributed by atoms with van der Waals surface area (Å²) in [7, 11) is 0. The van der Waals surface area contributed by atoms with Gasteiger partial charge in [0, 0.05) is 22.9 Å².